The molecule has 0 bridgehead atoms. The Hall–Kier alpha value is -3.87. The van der Waals surface area contributed by atoms with Crippen LogP contribution in [0.5, 0.6) is 0 Å². The van der Waals surface area contributed by atoms with Crippen LogP contribution in [-0.2, 0) is 5.54 Å². The minimum absolute atomic E-state index is 0.0761. The first-order valence-electron chi connectivity index (χ1n) is 15.2. The second-order valence-electron chi connectivity index (χ2n) is 13.7. The van der Waals surface area contributed by atoms with Crippen molar-refractivity contribution in [2.45, 2.75) is 113 Å². The molecule has 0 amide bonds. The summed E-state index contributed by atoms with van der Waals surface area (Å²) in [6, 6.07) is 0. The summed E-state index contributed by atoms with van der Waals surface area (Å²) in [4.78, 5) is 9.70. The molecule has 13 heteroatoms. The van der Waals surface area contributed by atoms with Gasteiger partial charge in [0.05, 0.1) is 22.5 Å². The van der Waals surface area contributed by atoms with E-state index in [1.807, 2.05) is 41.5 Å². The van der Waals surface area contributed by atoms with Crippen molar-refractivity contribution in [3.8, 4) is 22.9 Å². The van der Waals surface area contributed by atoms with Crippen LogP contribution in [0.3, 0.4) is 0 Å². The molecule has 8 nitrogen and oxygen atoms in total. The van der Waals surface area contributed by atoms with E-state index in [0.717, 1.165) is 41.0 Å². The zero-order valence-corrected chi connectivity index (χ0v) is 29.4. The van der Waals surface area contributed by atoms with Crippen LogP contribution in [0.15, 0.2) is 4.52 Å². The van der Waals surface area contributed by atoms with Crippen LogP contribution in [0, 0.1) is 67.0 Å². The summed E-state index contributed by atoms with van der Waals surface area (Å²) in [5.74, 6) is -1.30. The Labute approximate surface area is 272 Å². The molecule has 1 atom stereocenters. The van der Waals surface area contributed by atoms with E-state index in [0.29, 0.717) is 40.8 Å². The Balaban J connectivity index is 2.06. The quantitative estimate of drug-likeness (QED) is 0.200. The molecule has 0 aliphatic heterocycles. The van der Waals surface area contributed by atoms with E-state index in [-0.39, 0.29) is 23.0 Å². The summed E-state index contributed by atoms with van der Waals surface area (Å²) in [5, 5.41) is 19.8. The number of aryl methyl sites for hydroxylation is 2. The smallest absolute Gasteiger partial charge is 0.379 e. The van der Waals surface area contributed by atoms with Gasteiger partial charge in [-0.15, -0.1) is 0 Å². The number of aliphatic hydroxyl groups is 1. The number of hydrogen-bond acceptors (Lipinski definition) is 7. The van der Waals surface area contributed by atoms with Gasteiger partial charge in [0.15, 0.2) is 23.1 Å². The first-order chi connectivity index (χ1) is 21.3. The zero-order valence-electron chi connectivity index (χ0n) is 29.4. The van der Waals surface area contributed by atoms with Gasteiger partial charge in [0.25, 0.3) is 0 Å². The molecule has 0 saturated carbocycles. The summed E-state index contributed by atoms with van der Waals surface area (Å²) >= 11 is 0. The van der Waals surface area contributed by atoms with Gasteiger partial charge in [-0.25, -0.2) is 18.7 Å². The molecule has 47 heavy (non-hydrogen) atoms. The second kappa shape index (κ2) is 11.4. The molecule has 256 valence electrons. The lowest BCUT2D eigenvalue weighted by Crippen LogP contribution is -2.65. The number of halogens is 5. The van der Waals surface area contributed by atoms with Gasteiger partial charge in [0.1, 0.15) is 23.0 Å². The van der Waals surface area contributed by atoms with Crippen LogP contribution in [0.25, 0.3) is 22.9 Å². The van der Waals surface area contributed by atoms with Gasteiger partial charge in [-0.05, 0) is 112 Å². The molecule has 3 heterocycles. The van der Waals surface area contributed by atoms with Gasteiger partial charge in [-0.2, -0.15) is 18.3 Å². The maximum Gasteiger partial charge on any atom is 0.419 e. The van der Waals surface area contributed by atoms with Crippen LogP contribution < -0.4 is 4.90 Å². The van der Waals surface area contributed by atoms with Crippen LogP contribution in [0.4, 0.5) is 27.8 Å². The maximum absolute atomic E-state index is 16.2. The predicted molar refractivity (Wildman–Crippen MR) is 171 cm³/mol. The third kappa shape index (κ3) is 5.30. The van der Waals surface area contributed by atoms with E-state index >= 15 is 8.78 Å². The average Bonchev–Trinajstić information content (AvgIpc) is 3.49. The number of aromatic nitrogens is 5. The molecule has 3 aromatic heterocycles. The van der Waals surface area contributed by atoms with E-state index in [2.05, 4.69) is 15.1 Å². The Kier molecular flexibility index (Phi) is 8.71. The number of likely N-dealkylation sites (N-methyl/N-ethyl adjacent to an activating group) is 1. The standard InChI is InChI=1S/C34H43F5N6O2/c1-15-16(2)18(4)24(35)23(17(15)3)31(9,10)45-28(26-19(5)22(8)47-43-26)20(6)27(42-45)29-40-21(7)25(36)30(41-29)44(14)32(11,12)33(13,46)34(37,38)39/h46H,1-14H3. The van der Waals surface area contributed by atoms with Crippen LogP contribution in [-0.4, -0.2) is 54.4 Å². The van der Waals surface area contributed by atoms with Gasteiger partial charge >= 0.3 is 6.18 Å². The highest BCUT2D eigenvalue weighted by molar-refractivity contribution is 5.72. The number of hydrogen-bond donors (Lipinski definition) is 1. The fraction of sp³-hybridized carbons (Fsp3) is 0.529. The molecule has 0 spiro atoms. The van der Waals surface area contributed by atoms with E-state index in [4.69, 9.17) is 9.62 Å². The van der Waals surface area contributed by atoms with Gasteiger partial charge in [0.2, 0.25) is 0 Å². The minimum atomic E-state index is -5.03. The normalized spacial score (nSPS) is 14.1. The summed E-state index contributed by atoms with van der Waals surface area (Å²) < 4.78 is 80.9. The third-order valence-corrected chi connectivity index (χ3v) is 10.4. The molecular weight excluding hydrogens is 619 g/mol. The zero-order chi connectivity index (χ0) is 35.9. The molecule has 0 fully saturated rings. The number of anilines is 1. The fourth-order valence-electron chi connectivity index (χ4n) is 5.94. The Morgan fingerprint density at radius 3 is 1.79 bits per heavy atom. The van der Waals surface area contributed by atoms with Gasteiger partial charge in [-0.3, -0.25) is 4.68 Å². The summed E-state index contributed by atoms with van der Waals surface area (Å²) in [5.41, 5.74) is -0.784. The lowest BCUT2D eigenvalue weighted by atomic mass is 9.82. The molecule has 4 aromatic rings. The molecule has 0 aliphatic rings. The first kappa shape index (κ1) is 36.0. The number of nitrogens with zero attached hydrogens (tertiary/aromatic N) is 6. The lowest BCUT2D eigenvalue weighted by molar-refractivity contribution is -0.272. The van der Waals surface area contributed by atoms with Crippen LogP contribution in [0.2, 0.25) is 0 Å². The SMILES string of the molecule is Cc1nc(-c2nn(C(C)(C)c3c(C)c(C)c(C)c(C)c3F)c(-c3noc(C)c3C)c2C)nc(N(C)C(C)(C)C(C)(O)C(F)(F)F)c1F. The third-order valence-electron chi connectivity index (χ3n) is 10.4. The summed E-state index contributed by atoms with van der Waals surface area (Å²) in [7, 11) is 1.23. The molecule has 0 radical (unpaired) electrons. The number of alkyl halides is 3. The van der Waals surface area contributed by atoms with E-state index < -0.39 is 34.5 Å². The average molecular weight is 663 g/mol. The largest absolute Gasteiger partial charge is 0.419 e. The van der Waals surface area contributed by atoms with Gasteiger partial charge in [0, 0.05) is 23.7 Å². The van der Waals surface area contributed by atoms with Crippen molar-refractivity contribution < 1.29 is 31.6 Å². The molecule has 1 aromatic carbocycles. The second-order valence-corrected chi connectivity index (χ2v) is 13.7. The Morgan fingerprint density at radius 1 is 0.723 bits per heavy atom. The minimum Gasteiger partial charge on any atom is -0.379 e. The van der Waals surface area contributed by atoms with Crippen LogP contribution in [0.1, 0.15) is 85.0 Å². The van der Waals surface area contributed by atoms with Gasteiger partial charge < -0.3 is 14.5 Å². The van der Waals surface area contributed by atoms with Crippen molar-refractivity contribution in [1.29, 1.82) is 0 Å². The van der Waals surface area contributed by atoms with Crippen molar-refractivity contribution in [3.05, 3.63) is 62.0 Å². The van der Waals surface area contributed by atoms with Crippen molar-refractivity contribution in [2.75, 3.05) is 11.9 Å². The summed E-state index contributed by atoms with van der Waals surface area (Å²) in [6.07, 6.45) is -5.03. The van der Waals surface area contributed by atoms with E-state index in [1.165, 1.54) is 14.0 Å². The monoisotopic (exact) mass is 662 g/mol. The highest BCUT2D eigenvalue weighted by Gasteiger charge is 2.61. The topological polar surface area (TPSA) is 93.1 Å². The van der Waals surface area contributed by atoms with Crippen molar-refractivity contribution in [1.82, 2.24) is 24.9 Å². The molecular formula is C34H43F5N6O2. The van der Waals surface area contributed by atoms with Gasteiger partial charge in [-0.1, -0.05) is 5.16 Å². The van der Waals surface area contributed by atoms with E-state index in [9.17, 15) is 18.3 Å². The first-order valence-corrected chi connectivity index (χ1v) is 15.2. The number of benzene rings is 1. The molecule has 0 aliphatic carbocycles. The molecule has 1 N–H and O–H groups in total. The number of rotatable bonds is 7. The van der Waals surface area contributed by atoms with Crippen molar-refractivity contribution in [2.24, 2.45) is 0 Å². The fourth-order valence-corrected chi connectivity index (χ4v) is 5.94. The molecule has 0 saturated heterocycles. The Morgan fingerprint density at radius 2 is 1.28 bits per heavy atom. The van der Waals surface area contributed by atoms with Crippen molar-refractivity contribution in [3.63, 3.8) is 0 Å². The summed E-state index contributed by atoms with van der Waals surface area (Å²) in [6.45, 7) is 20.7. The molecule has 4 rings (SSSR count). The van der Waals surface area contributed by atoms with Crippen LogP contribution >= 0.6 is 0 Å². The lowest BCUT2D eigenvalue weighted by Gasteiger charge is -2.47. The van der Waals surface area contributed by atoms with E-state index in [1.54, 1.807) is 25.5 Å². The van der Waals surface area contributed by atoms with Crippen molar-refractivity contribution >= 4 is 5.82 Å². The molecule has 1 unspecified atom stereocenters. The predicted octanol–water partition coefficient (Wildman–Crippen LogP) is 8.05. The highest BCUT2D eigenvalue weighted by atomic mass is 19.4. The maximum atomic E-state index is 16.2. The highest BCUT2D eigenvalue weighted by Crippen LogP contribution is 2.44. The Bertz CT molecular complexity index is 1860.